The van der Waals surface area contributed by atoms with E-state index in [4.69, 9.17) is 19.6 Å². The first-order chi connectivity index (χ1) is 14.3. The quantitative estimate of drug-likeness (QED) is 0.348. The van der Waals surface area contributed by atoms with Gasteiger partial charge in [-0.3, -0.25) is 9.78 Å². The Bertz CT molecular complexity index is 737. The fraction of sp³-hybridized carbons (Fsp3) is 0.417. The zero-order valence-electron chi connectivity index (χ0n) is 18.1. The van der Waals surface area contributed by atoms with Gasteiger partial charge in [-0.05, 0) is 63.8 Å². The normalized spacial score (nSPS) is 14.9. The molecule has 0 heterocycles. The van der Waals surface area contributed by atoms with Crippen molar-refractivity contribution in [3.63, 3.8) is 0 Å². The summed E-state index contributed by atoms with van der Waals surface area (Å²) >= 11 is 0. The minimum Gasteiger partial charge on any atom is -0.292 e. The third-order valence-electron chi connectivity index (χ3n) is 5.33. The molecule has 2 aromatic carbocycles. The summed E-state index contributed by atoms with van der Waals surface area (Å²) in [7, 11) is 0. The average Bonchev–Trinajstić information content (AvgIpc) is 2.81. The fourth-order valence-corrected chi connectivity index (χ4v) is 2.61. The molecule has 0 saturated carbocycles. The van der Waals surface area contributed by atoms with Crippen LogP contribution in [0.1, 0.15) is 74.1 Å². The van der Waals surface area contributed by atoms with Gasteiger partial charge in [-0.1, -0.05) is 50.2 Å². The summed E-state index contributed by atoms with van der Waals surface area (Å²) in [4.78, 5) is 45.5. The van der Waals surface area contributed by atoms with Crippen molar-refractivity contribution in [1.29, 1.82) is 0 Å². The average molecular weight is 414 g/mol. The van der Waals surface area contributed by atoms with E-state index >= 15 is 0 Å². The van der Waals surface area contributed by atoms with E-state index in [1.54, 1.807) is 48.5 Å². The van der Waals surface area contributed by atoms with Crippen molar-refractivity contribution in [2.75, 3.05) is 0 Å². The number of carbonyl (C=O) groups is 2. The molecule has 0 bridgehead atoms. The molecule has 0 aliphatic carbocycles. The first-order valence-corrected chi connectivity index (χ1v) is 10.2. The molecule has 0 aliphatic heterocycles. The van der Waals surface area contributed by atoms with E-state index in [2.05, 4.69) is 0 Å². The van der Waals surface area contributed by atoms with Gasteiger partial charge in [0.1, 0.15) is 11.2 Å². The molecule has 2 rings (SSSR count). The van der Waals surface area contributed by atoms with Crippen LogP contribution in [0.5, 0.6) is 0 Å². The summed E-state index contributed by atoms with van der Waals surface area (Å²) in [5, 5.41) is 0. The van der Waals surface area contributed by atoms with Crippen LogP contribution in [0.4, 0.5) is 0 Å². The van der Waals surface area contributed by atoms with Crippen molar-refractivity contribution in [2.45, 2.75) is 64.6 Å². The Labute approximate surface area is 178 Å². The van der Waals surface area contributed by atoms with Gasteiger partial charge in [-0.2, -0.15) is 9.78 Å². The standard InChI is InChI=1S/C24H30O6/c1-5-23(3,29-27-21(25)19-13-9-7-10-14-19)17-18-24(4,6-2)30-28-22(26)20-15-11-8-12-16-20/h7-16H,5-6,17-18H2,1-4H3. The topological polar surface area (TPSA) is 71.1 Å². The highest BCUT2D eigenvalue weighted by Gasteiger charge is 2.34. The maximum Gasteiger partial charge on any atom is 0.373 e. The Kier molecular flexibility index (Phi) is 8.57. The van der Waals surface area contributed by atoms with Gasteiger partial charge in [0.2, 0.25) is 0 Å². The lowest BCUT2D eigenvalue weighted by molar-refractivity contribution is -0.332. The van der Waals surface area contributed by atoms with Crippen molar-refractivity contribution in [1.82, 2.24) is 0 Å². The minimum absolute atomic E-state index is 0.422. The number of hydrogen-bond acceptors (Lipinski definition) is 6. The number of benzene rings is 2. The lowest BCUT2D eigenvalue weighted by Gasteiger charge is -2.32. The fourth-order valence-electron chi connectivity index (χ4n) is 2.61. The van der Waals surface area contributed by atoms with Crippen LogP contribution in [0.2, 0.25) is 0 Å². The van der Waals surface area contributed by atoms with Gasteiger partial charge in [0.15, 0.2) is 0 Å². The molecule has 0 fully saturated rings. The van der Waals surface area contributed by atoms with E-state index < -0.39 is 23.1 Å². The van der Waals surface area contributed by atoms with Gasteiger partial charge in [-0.25, -0.2) is 9.59 Å². The smallest absolute Gasteiger partial charge is 0.292 e. The molecule has 2 aromatic rings. The molecule has 2 unspecified atom stereocenters. The van der Waals surface area contributed by atoms with E-state index in [1.165, 1.54) is 0 Å². The van der Waals surface area contributed by atoms with Gasteiger partial charge < -0.3 is 0 Å². The van der Waals surface area contributed by atoms with E-state index in [1.807, 2.05) is 39.8 Å². The van der Waals surface area contributed by atoms with Crippen LogP contribution in [0.15, 0.2) is 60.7 Å². The molecule has 0 spiro atoms. The van der Waals surface area contributed by atoms with Crippen LogP contribution in [0.25, 0.3) is 0 Å². The van der Waals surface area contributed by atoms with Crippen molar-refractivity contribution in [2.24, 2.45) is 0 Å². The van der Waals surface area contributed by atoms with E-state index in [0.717, 1.165) is 0 Å². The van der Waals surface area contributed by atoms with Crippen LogP contribution in [-0.4, -0.2) is 23.1 Å². The zero-order chi connectivity index (χ0) is 22.0. The first kappa shape index (κ1) is 23.6. The SMILES string of the molecule is CCC(C)(CCC(C)(CC)OOC(=O)c1ccccc1)OOC(=O)c1ccccc1. The van der Waals surface area contributed by atoms with Gasteiger partial charge in [0.25, 0.3) is 0 Å². The monoisotopic (exact) mass is 414 g/mol. The number of hydrogen-bond donors (Lipinski definition) is 0. The number of rotatable bonds is 11. The summed E-state index contributed by atoms with van der Waals surface area (Å²) < 4.78 is 0. The molecule has 0 aliphatic rings. The molecular weight excluding hydrogens is 384 g/mol. The molecule has 0 radical (unpaired) electrons. The molecule has 30 heavy (non-hydrogen) atoms. The van der Waals surface area contributed by atoms with Crippen molar-refractivity contribution in [3.8, 4) is 0 Å². The highest BCUT2D eigenvalue weighted by atomic mass is 17.2. The summed E-state index contributed by atoms with van der Waals surface area (Å²) in [6.07, 6.45) is 2.33. The van der Waals surface area contributed by atoms with Gasteiger partial charge in [-0.15, -0.1) is 0 Å². The molecule has 162 valence electrons. The molecule has 0 N–H and O–H groups in total. The molecule has 6 nitrogen and oxygen atoms in total. The van der Waals surface area contributed by atoms with Crippen molar-refractivity contribution >= 4 is 11.9 Å². The van der Waals surface area contributed by atoms with Crippen molar-refractivity contribution in [3.05, 3.63) is 71.8 Å². The second kappa shape index (κ2) is 10.9. The summed E-state index contributed by atoms with van der Waals surface area (Å²) in [5.74, 6) is -1.08. The predicted octanol–water partition coefficient (Wildman–Crippen LogP) is 5.68. The maximum absolute atomic E-state index is 12.1. The van der Waals surface area contributed by atoms with Crippen LogP contribution in [-0.2, 0) is 19.6 Å². The van der Waals surface area contributed by atoms with Gasteiger partial charge in [0.05, 0.1) is 11.1 Å². The zero-order valence-corrected chi connectivity index (χ0v) is 18.1. The maximum atomic E-state index is 12.1. The Morgan fingerprint density at radius 2 is 1.00 bits per heavy atom. The van der Waals surface area contributed by atoms with E-state index in [-0.39, 0.29) is 0 Å². The van der Waals surface area contributed by atoms with Crippen molar-refractivity contribution < 1.29 is 29.1 Å². The second-order valence-electron chi connectivity index (χ2n) is 7.75. The van der Waals surface area contributed by atoms with E-state index in [0.29, 0.717) is 36.8 Å². The third-order valence-corrected chi connectivity index (χ3v) is 5.33. The van der Waals surface area contributed by atoms with Gasteiger partial charge >= 0.3 is 11.9 Å². The second-order valence-corrected chi connectivity index (χ2v) is 7.75. The molecule has 0 aromatic heterocycles. The van der Waals surface area contributed by atoms with Crippen LogP contribution in [0, 0.1) is 0 Å². The lowest BCUT2D eigenvalue weighted by Crippen LogP contribution is -2.36. The Hall–Kier alpha value is -2.70. The lowest BCUT2D eigenvalue weighted by atomic mass is 9.88. The highest BCUT2D eigenvalue weighted by molar-refractivity contribution is 5.89. The summed E-state index contributed by atoms with van der Waals surface area (Å²) in [6, 6.07) is 17.3. The van der Waals surface area contributed by atoms with Crippen LogP contribution >= 0.6 is 0 Å². The van der Waals surface area contributed by atoms with Crippen LogP contribution < -0.4 is 0 Å². The Morgan fingerprint density at radius 1 is 0.667 bits per heavy atom. The molecular formula is C24H30O6. The van der Waals surface area contributed by atoms with Gasteiger partial charge in [0, 0.05) is 0 Å². The summed E-state index contributed by atoms with van der Waals surface area (Å²) in [5.41, 5.74) is -0.558. The summed E-state index contributed by atoms with van der Waals surface area (Å²) in [6.45, 7) is 7.65. The number of carbonyl (C=O) groups excluding carboxylic acids is 2. The molecule has 2 atom stereocenters. The Balaban J connectivity index is 1.89. The third kappa shape index (κ3) is 6.97. The Morgan fingerprint density at radius 3 is 1.30 bits per heavy atom. The first-order valence-electron chi connectivity index (χ1n) is 10.2. The van der Waals surface area contributed by atoms with Crippen LogP contribution in [0.3, 0.4) is 0 Å². The predicted molar refractivity (Wildman–Crippen MR) is 113 cm³/mol. The molecule has 6 heteroatoms. The molecule has 0 amide bonds. The van der Waals surface area contributed by atoms with E-state index in [9.17, 15) is 9.59 Å². The highest BCUT2D eigenvalue weighted by Crippen LogP contribution is 2.30. The minimum atomic E-state index is -0.701. The molecule has 0 saturated heterocycles. The largest absolute Gasteiger partial charge is 0.373 e.